The highest BCUT2D eigenvalue weighted by Gasteiger charge is 2.36. The maximum absolute atomic E-state index is 12.6. The molecule has 1 aromatic heterocycles. The first-order valence-corrected chi connectivity index (χ1v) is 6.70. The number of methoxy groups -OCH3 is 2. The topological polar surface area (TPSA) is 77.7 Å². The van der Waals surface area contributed by atoms with Crippen LogP contribution in [0.15, 0.2) is 18.3 Å². The molecular formula is C15H19N3O3. The van der Waals surface area contributed by atoms with Crippen LogP contribution in [0.4, 0.5) is 0 Å². The fourth-order valence-corrected chi connectivity index (χ4v) is 2.34. The Labute approximate surface area is 124 Å². The largest absolute Gasteiger partial charge is 0.377 e. The second-order valence-electron chi connectivity index (χ2n) is 4.66. The number of likely N-dealkylation sites (tertiary alicyclic amines) is 1. The van der Waals surface area contributed by atoms with Gasteiger partial charge < -0.3 is 20.1 Å². The third-order valence-corrected chi connectivity index (χ3v) is 3.44. The number of pyridine rings is 1. The standard InChI is InChI=1S/C15H19N3O3/c1-20-12-9-18(10-13(12)21-2)15(19)14-11(5-3-7-16)6-4-8-17-14/h4,6,8,12-13H,7,9-10,16H2,1-2H3. The molecule has 1 saturated heterocycles. The Hall–Kier alpha value is -1.94. The molecule has 1 fully saturated rings. The van der Waals surface area contributed by atoms with Crippen LogP contribution in [0, 0.1) is 11.8 Å². The molecule has 2 rings (SSSR count). The zero-order valence-electron chi connectivity index (χ0n) is 12.2. The molecule has 0 aliphatic carbocycles. The van der Waals surface area contributed by atoms with Crippen LogP contribution < -0.4 is 5.73 Å². The highest BCUT2D eigenvalue weighted by atomic mass is 16.5. The highest BCUT2D eigenvalue weighted by molar-refractivity contribution is 5.95. The Balaban J connectivity index is 2.21. The van der Waals surface area contributed by atoms with Crippen molar-refractivity contribution in [2.24, 2.45) is 5.73 Å². The van der Waals surface area contributed by atoms with Gasteiger partial charge >= 0.3 is 0 Å². The minimum absolute atomic E-state index is 0.124. The average molecular weight is 289 g/mol. The number of nitrogens with zero attached hydrogens (tertiary/aromatic N) is 2. The lowest BCUT2D eigenvalue weighted by Gasteiger charge is -2.15. The van der Waals surface area contributed by atoms with Crippen molar-refractivity contribution in [1.29, 1.82) is 0 Å². The van der Waals surface area contributed by atoms with Crippen LogP contribution in [0.2, 0.25) is 0 Å². The van der Waals surface area contributed by atoms with Gasteiger partial charge in [-0.25, -0.2) is 4.98 Å². The molecule has 0 saturated carbocycles. The molecule has 2 N–H and O–H groups in total. The van der Waals surface area contributed by atoms with Gasteiger partial charge in [-0.15, -0.1) is 0 Å². The summed E-state index contributed by atoms with van der Waals surface area (Å²) >= 11 is 0. The van der Waals surface area contributed by atoms with Gasteiger partial charge in [0.25, 0.3) is 5.91 Å². The normalized spacial score (nSPS) is 21.0. The molecule has 1 aromatic rings. The van der Waals surface area contributed by atoms with Gasteiger partial charge in [0.1, 0.15) is 17.9 Å². The van der Waals surface area contributed by atoms with Gasteiger partial charge in [-0.2, -0.15) is 0 Å². The summed E-state index contributed by atoms with van der Waals surface area (Å²) in [7, 11) is 3.23. The van der Waals surface area contributed by atoms with E-state index in [-0.39, 0.29) is 24.7 Å². The van der Waals surface area contributed by atoms with E-state index in [0.717, 1.165) is 0 Å². The average Bonchev–Trinajstić information content (AvgIpc) is 2.95. The Morgan fingerprint density at radius 2 is 2.10 bits per heavy atom. The second kappa shape index (κ2) is 7.18. The van der Waals surface area contributed by atoms with E-state index in [2.05, 4.69) is 16.8 Å². The van der Waals surface area contributed by atoms with Crippen molar-refractivity contribution >= 4 is 5.91 Å². The smallest absolute Gasteiger partial charge is 0.273 e. The van der Waals surface area contributed by atoms with Crippen molar-refractivity contribution in [3.8, 4) is 11.8 Å². The van der Waals surface area contributed by atoms with Crippen LogP contribution in [0.5, 0.6) is 0 Å². The molecule has 2 heterocycles. The monoisotopic (exact) mass is 289 g/mol. The van der Waals surface area contributed by atoms with E-state index in [1.54, 1.807) is 37.4 Å². The number of carbonyl (C=O) groups excluding carboxylic acids is 1. The molecule has 6 nitrogen and oxygen atoms in total. The number of aromatic nitrogens is 1. The third kappa shape index (κ3) is 3.39. The number of amides is 1. The Bertz CT molecular complexity index is 553. The maximum atomic E-state index is 12.6. The second-order valence-corrected chi connectivity index (χ2v) is 4.66. The quantitative estimate of drug-likeness (QED) is 0.785. The van der Waals surface area contributed by atoms with Crippen LogP contribution in [0.3, 0.4) is 0 Å². The van der Waals surface area contributed by atoms with Gasteiger partial charge in [0.2, 0.25) is 0 Å². The lowest BCUT2D eigenvalue weighted by Crippen LogP contribution is -2.31. The maximum Gasteiger partial charge on any atom is 0.273 e. The Morgan fingerprint density at radius 3 is 2.67 bits per heavy atom. The molecule has 0 radical (unpaired) electrons. The predicted molar refractivity (Wildman–Crippen MR) is 77.7 cm³/mol. The Kier molecular flexibility index (Phi) is 5.28. The predicted octanol–water partition coefficient (Wildman–Crippen LogP) is -0.122. The van der Waals surface area contributed by atoms with Crippen molar-refractivity contribution in [3.63, 3.8) is 0 Å². The number of hydrogen-bond donors (Lipinski definition) is 1. The van der Waals surface area contributed by atoms with E-state index in [4.69, 9.17) is 15.2 Å². The van der Waals surface area contributed by atoms with Crippen molar-refractivity contribution in [1.82, 2.24) is 9.88 Å². The summed E-state index contributed by atoms with van der Waals surface area (Å²) in [5.74, 6) is 5.46. The SMILES string of the molecule is COC1CN(C(=O)c2ncccc2C#CCN)CC1OC. The van der Waals surface area contributed by atoms with Crippen LogP contribution in [-0.4, -0.2) is 61.9 Å². The van der Waals surface area contributed by atoms with Crippen LogP contribution in [0.25, 0.3) is 0 Å². The summed E-state index contributed by atoms with van der Waals surface area (Å²) in [5.41, 5.74) is 6.30. The lowest BCUT2D eigenvalue weighted by molar-refractivity contribution is -0.00461. The zero-order valence-corrected chi connectivity index (χ0v) is 12.2. The van der Waals surface area contributed by atoms with E-state index in [1.807, 2.05) is 0 Å². The van der Waals surface area contributed by atoms with E-state index < -0.39 is 0 Å². The third-order valence-electron chi connectivity index (χ3n) is 3.44. The van der Waals surface area contributed by atoms with Crippen molar-refractivity contribution in [2.45, 2.75) is 12.2 Å². The van der Waals surface area contributed by atoms with Gasteiger partial charge in [0.15, 0.2) is 0 Å². The van der Waals surface area contributed by atoms with Gasteiger partial charge in [0.05, 0.1) is 12.1 Å². The van der Waals surface area contributed by atoms with Gasteiger partial charge in [-0.3, -0.25) is 4.79 Å². The minimum atomic E-state index is -0.168. The number of rotatable bonds is 3. The summed E-state index contributed by atoms with van der Waals surface area (Å²) in [5, 5.41) is 0. The molecule has 2 atom stereocenters. The van der Waals surface area contributed by atoms with E-state index in [9.17, 15) is 4.79 Å². The van der Waals surface area contributed by atoms with Crippen molar-refractivity contribution in [2.75, 3.05) is 33.9 Å². The van der Waals surface area contributed by atoms with E-state index in [0.29, 0.717) is 24.3 Å². The number of ether oxygens (including phenoxy) is 2. The summed E-state index contributed by atoms with van der Waals surface area (Å²) in [6.07, 6.45) is 1.33. The molecule has 21 heavy (non-hydrogen) atoms. The molecule has 2 unspecified atom stereocenters. The number of nitrogens with two attached hydrogens (primary N) is 1. The van der Waals surface area contributed by atoms with Crippen molar-refractivity contribution in [3.05, 3.63) is 29.6 Å². The Morgan fingerprint density at radius 1 is 1.43 bits per heavy atom. The number of hydrogen-bond acceptors (Lipinski definition) is 5. The molecule has 0 bridgehead atoms. The van der Waals surface area contributed by atoms with Crippen molar-refractivity contribution < 1.29 is 14.3 Å². The fraction of sp³-hybridized carbons (Fsp3) is 0.467. The van der Waals surface area contributed by atoms with Gasteiger partial charge in [-0.05, 0) is 12.1 Å². The summed E-state index contributed by atoms with van der Waals surface area (Å²) in [4.78, 5) is 18.4. The fourth-order valence-electron chi connectivity index (χ4n) is 2.34. The first-order valence-electron chi connectivity index (χ1n) is 6.70. The molecule has 1 amide bonds. The molecular weight excluding hydrogens is 270 g/mol. The molecule has 0 aromatic carbocycles. The first-order chi connectivity index (χ1) is 10.2. The van der Waals surface area contributed by atoms with E-state index >= 15 is 0 Å². The number of carbonyl (C=O) groups is 1. The van der Waals surface area contributed by atoms with Crippen LogP contribution >= 0.6 is 0 Å². The minimum Gasteiger partial charge on any atom is -0.377 e. The molecule has 0 spiro atoms. The van der Waals surface area contributed by atoms with Crippen LogP contribution in [0.1, 0.15) is 16.1 Å². The summed E-state index contributed by atoms with van der Waals surface area (Å²) < 4.78 is 10.7. The van der Waals surface area contributed by atoms with E-state index in [1.165, 1.54) is 0 Å². The highest BCUT2D eigenvalue weighted by Crippen LogP contribution is 2.18. The van der Waals surface area contributed by atoms with Crippen LogP contribution in [-0.2, 0) is 9.47 Å². The molecule has 112 valence electrons. The summed E-state index contributed by atoms with van der Waals surface area (Å²) in [6, 6.07) is 3.51. The van der Waals surface area contributed by atoms with Gasteiger partial charge in [-0.1, -0.05) is 11.8 Å². The van der Waals surface area contributed by atoms with Gasteiger partial charge in [0, 0.05) is 33.5 Å². The molecule has 1 aliphatic heterocycles. The first kappa shape index (κ1) is 15.4. The molecule has 6 heteroatoms. The molecule has 1 aliphatic rings. The zero-order chi connectivity index (χ0) is 15.2. The summed E-state index contributed by atoms with van der Waals surface area (Å²) in [6.45, 7) is 1.20. The lowest BCUT2D eigenvalue weighted by atomic mass is 10.2.